The maximum absolute atomic E-state index is 11.0. The number of piperidine rings is 1. The van der Waals surface area contributed by atoms with Crippen LogP contribution in [0, 0.1) is 21.4 Å². The van der Waals surface area contributed by atoms with Gasteiger partial charge in [-0.25, -0.2) is 0 Å². The van der Waals surface area contributed by atoms with Crippen molar-refractivity contribution in [1.82, 2.24) is 15.2 Å². The van der Waals surface area contributed by atoms with Crippen molar-refractivity contribution < 1.29 is 14.8 Å². The first kappa shape index (κ1) is 23.4. The van der Waals surface area contributed by atoms with Crippen molar-refractivity contribution in [3.63, 3.8) is 0 Å². The summed E-state index contributed by atoms with van der Waals surface area (Å²) in [7, 11) is 1.63. The second-order valence-electron chi connectivity index (χ2n) is 8.46. The van der Waals surface area contributed by atoms with Crippen molar-refractivity contribution >= 4 is 16.6 Å². The van der Waals surface area contributed by atoms with Crippen LogP contribution in [0.5, 0.6) is 11.5 Å². The van der Waals surface area contributed by atoms with E-state index in [1.807, 2.05) is 18.2 Å². The van der Waals surface area contributed by atoms with E-state index in [9.17, 15) is 20.5 Å². The normalized spacial score (nSPS) is 14.7. The maximum Gasteiger partial charge on any atom is 0.270 e. The van der Waals surface area contributed by atoms with Crippen LogP contribution in [-0.4, -0.2) is 52.7 Å². The smallest absolute Gasteiger partial charge is 0.270 e. The Morgan fingerprint density at radius 3 is 2.79 bits per heavy atom. The number of phenolic OH excluding ortho intramolecular Hbond substituents is 1. The molecule has 2 aromatic carbocycles. The van der Waals surface area contributed by atoms with Gasteiger partial charge < -0.3 is 20.1 Å². The van der Waals surface area contributed by atoms with Crippen LogP contribution < -0.4 is 10.1 Å². The monoisotopic (exact) mass is 461 g/mol. The molecule has 2 N–H and O–H groups in total. The van der Waals surface area contributed by atoms with E-state index in [1.54, 1.807) is 13.3 Å². The Hall–Kier alpha value is -3.74. The van der Waals surface area contributed by atoms with E-state index < -0.39 is 4.92 Å². The second kappa shape index (κ2) is 10.5. The fourth-order valence-corrected chi connectivity index (χ4v) is 4.43. The van der Waals surface area contributed by atoms with E-state index in [0.717, 1.165) is 61.1 Å². The van der Waals surface area contributed by atoms with Gasteiger partial charge in [-0.05, 0) is 62.2 Å². The van der Waals surface area contributed by atoms with Crippen LogP contribution >= 0.6 is 0 Å². The largest absolute Gasteiger partial charge is 0.508 e. The predicted molar refractivity (Wildman–Crippen MR) is 128 cm³/mol. The number of non-ortho nitro benzene ring substituents is 1. The number of fused-ring (bicyclic) bond motifs is 1. The van der Waals surface area contributed by atoms with Crippen LogP contribution in [0.1, 0.15) is 29.5 Å². The summed E-state index contributed by atoms with van der Waals surface area (Å²) in [6.45, 7) is 3.04. The maximum atomic E-state index is 11.0. The van der Waals surface area contributed by atoms with E-state index in [-0.39, 0.29) is 17.5 Å². The van der Waals surface area contributed by atoms with Gasteiger partial charge in [-0.2, -0.15) is 5.26 Å². The van der Waals surface area contributed by atoms with Crippen molar-refractivity contribution in [2.45, 2.75) is 31.8 Å². The summed E-state index contributed by atoms with van der Waals surface area (Å²) in [6, 6.07) is 12.4. The number of nitro groups is 1. The Labute approximate surface area is 197 Å². The summed E-state index contributed by atoms with van der Waals surface area (Å²) in [5, 5.41) is 35.0. The molecule has 0 bridgehead atoms. The lowest BCUT2D eigenvalue weighted by Crippen LogP contribution is -2.42. The number of ether oxygens (including phenoxy) is 1. The topological polar surface area (TPSA) is 125 Å². The number of hydrogen-bond donors (Lipinski definition) is 2. The van der Waals surface area contributed by atoms with Gasteiger partial charge in [-0.3, -0.25) is 15.1 Å². The molecule has 0 spiro atoms. The van der Waals surface area contributed by atoms with Crippen molar-refractivity contribution in [3.05, 3.63) is 69.4 Å². The quantitative estimate of drug-likeness (QED) is 0.386. The first-order valence-electron chi connectivity index (χ1n) is 11.3. The van der Waals surface area contributed by atoms with Gasteiger partial charge in [-0.1, -0.05) is 0 Å². The summed E-state index contributed by atoms with van der Waals surface area (Å²) in [4.78, 5) is 17.3. The Kier molecular flexibility index (Phi) is 7.21. The lowest BCUT2D eigenvalue weighted by molar-refractivity contribution is -0.384. The molecule has 176 valence electrons. The number of aromatic nitrogens is 1. The zero-order valence-electron chi connectivity index (χ0n) is 19.0. The molecule has 9 heteroatoms. The molecule has 0 aliphatic carbocycles. The molecule has 1 aliphatic rings. The van der Waals surface area contributed by atoms with E-state index in [2.05, 4.69) is 21.3 Å². The van der Waals surface area contributed by atoms with E-state index in [4.69, 9.17) is 4.74 Å². The van der Waals surface area contributed by atoms with Gasteiger partial charge in [-0.15, -0.1) is 0 Å². The van der Waals surface area contributed by atoms with Gasteiger partial charge in [0.1, 0.15) is 17.6 Å². The third-order valence-electron chi connectivity index (χ3n) is 6.43. The van der Waals surface area contributed by atoms with Crippen LogP contribution in [0.3, 0.4) is 0 Å². The summed E-state index contributed by atoms with van der Waals surface area (Å²) in [5.41, 5.74) is 2.94. The van der Waals surface area contributed by atoms with Gasteiger partial charge >= 0.3 is 0 Å². The third-order valence-corrected chi connectivity index (χ3v) is 6.43. The van der Waals surface area contributed by atoms with Crippen LogP contribution in [0.15, 0.2) is 42.6 Å². The molecule has 1 aliphatic heterocycles. The average Bonchev–Trinajstić information content (AvgIpc) is 2.86. The number of phenols is 1. The van der Waals surface area contributed by atoms with Crippen molar-refractivity contribution in [3.8, 4) is 17.6 Å². The molecule has 34 heavy (non-hydrogen) atoms. The molecule has 0 saturated carbocycles. The molecule has 9 nitrogen and oxygen atoms in total. The van der Waals surface area contributed by atoms with Crippen LogP contribution in [0.4, 0.5) is 5.69 Å². The predicted octanol–water partition coefficient (Wildman–Crippen LogP) is 3.53. The van der Waals surface area contributed by atoms with E-state index in [0.29, 0.717) is 17.7 Å². The Morgan fingerprint density at radius 2 is 2.09 bits per heavy atom. The third kappa shape index (κ3) is 5.25. The minimum atomic E-state index is -0.457. The number of nitriles is 1. The Balaban J connectivity index is 1.34. The number of pyridine rings is 1. The van der Waals surface area contributed by atoms with Crippen molar-refractivity contribution in [2.24, 2.45) is 0 Å². The van der Waals surface area contributed by atoms with Gasteiger partial charge in [0.15, 0.2) is 0 Å². The minimum absolute atomic E-state index is 0.0255. The molecule has 0 unspecified atom stereocenters. The zero-order chi connectivity index (χ0) is 24.1. The SMILES string of the molecule is COc1ccc2ncc(C#N)c(CCN3CCC(NCc4cc([N+](=O)[O-])ccc4O)CC3)c2c1. The molecule has 4 rings (SSSR count). The number of rotatable bonds is 8. The molecule has 1 saturated heterocycles. The lowest BCUT2D eigenvalue weighted by atomic mass is 9.99. The number of methoxy groups -OCH3 is 1. The Morgan fingerprint density at radius 1 is 1.29 bits per heavy atom. The highest BCUT2D eigenvalue weighted by Gasteiger charge is 2.20. The Bertz CT molecular complexity index is 1230. The molecule has 0 radical (unpaired) electrons. The van der Waals surface area contributed by atoms with Crippen LogP contribution in [0.2, 0.25) is 0 Å². The highest BCUT2D eigenvalue weighted by atomic mass is 16.6. The first-order chi connectivity index (χ1) is 16.5. The van der Waals surface area contributed by atoms with Crippen LogP contribution in [0.25, 0.3) is 10.9 Å². The standard InChI is InChI=1S/C25H27N5O4/c1-34-21-3-4-24-23(13-21)22(18(14-26)16-28-24)8-11-29-9-6-19(7-10-29)27-15-17-12-20(30(32)33)2-5-25(17)31/h2-5,12-13,16,19,27,31H,6-11,15H2,1H3. The zero-order valence-corrected chi connectivity index (χ0v) is 19.0. The fourth-order valence-electron chi connectivity index (χ4n) is 4.43. The number of nitro benzene ring substituents is 1. The van der Waals surface area contributed by atoms with Crippen LogP contribution in [-0.2, 0) is 13.0 Å². The molecule has 3 aromatic rings. The van der Waals surface area contributed by atoms with Gasteiger partial charge in [0, 0.05) is 48.4 Å². The highest BCUT2D eigenvalue weighted by Crippen LogP contribution is 2.26. The van der Waals surface area contributed by atoms with Gasteiger partial charge in [0.2, 0.25) is 0 Å². The first-order valence-corrected chi connectivity index (χ1v) is 11.3. The molecular weight excluding hydrogens is 434 g/mol. The number of nitrogens with zero attached hydrogens (tertiary/aromatic N) is 4. The summed E-state index contributed by atoms with van der Waals surface area (Å²) < 4.78 is 5.36. The number of hydrogen-bond acceptors (Lipinski definition) is 8. The fraction of sp³-hybridized carbons (Fsp3) is 0.360. The molecular formula is C25H27N5O4. The summed E-state index contributed by atoms with van der Waals surface area (Å²) in [5.74, 6) is 0.803. The second-order valence-corrected chi connectivity index (χ2v) is 8.46. The van der Waals surface area contributed by atoms with Gasteiger partial charge in [0.05, 0.1) is 23.1 Å². The number of nitrogens with one attached hydrogen (secondary N) is 1. The highest BCUT2D eigenvalue weighted by molar-refractivity contribution is 5.85. The van der Waals surface area contributed by atoms with E-state index in [1.165, 1.54) is 18.2 Å². The van der Waals surface area contributed by atoms with Crippen molar-refractivity contribution in [2.75, 3.05) is 26.7 Å². The number of aromatic hydroxyl groups is 1. The molecule has 0 atom stereocenters. The summed E-state index contributed by atoms with van der Waals surface area (Å²) in [6.07, 6.45) is 4.26. The average molecular weight is 462 g/mol. The molecule has 2 heterocycles. The number of likely N-dealkylation sites (tertiary alicyclic amines) is 1. The molecule has 1 fully saturated rings. The minimum Gasteiger partial charge on any atom is -0.508 e. The van der Waals surface area contributed by atoms with Gasteiger partial charge in [0.25, 0.3) is 5.69 Å². The van der Waals surface area contributed by atoms with E-state index >= 15 is 0 Å². The molecule has 0 amide bonds. The van der Waals surface area contributed by atoms with Crippen molar-refractivity contribution in [1.29, 1.82) is 5.26 Å². The summed E-state index contributed by atoms with van der Waals surface area (Å²) >= 11 is 0. The molecule has 1 aromatic heterocycles. The number of benzene rings is 2. The lowest BCUT2D eigenvalue weighted by Gasteiger charge is -2.32.